The average Bonchev–Trinajstić information content (AvgIpc) is 2.94. The molecule has 2 aromatic rings. The summed E-state index contributed by atoms with van der Waals surface area (Å²) in [7, 11) is -6.56. The molecule has 0 bridgehead atoms. The van der Waals surface area contributed by atoms with E-state index >= 15 is 0 Å². The molecule has 0 spiro atoms. The van der Waals surface area contributed by atoms with E-state index in [0.29, 0.717) is 4.31 Å². The van der Waals surface area contributed by atoms with Crippen LogP contribution in [0.25, 0.3) is 0 Å². The second kappa shape index (κ2) is 7.53. The topological polar surface area (TPSA) is 110 Å². The van der Waals surface area contributed by atoms with Crippen LogP contribution in [0.2, 0.25) is 0 Å². The highest BCUT2D eigenvalue weighted by molar-refractivity contribution is 7.94. The highest BCUT2D eigenvalue weighted by atomic mass is 32.2. The molecule has 2 aromatic carbocycles. The number of nitrogens with zero attached hydrogens (tertiary/aromatic N) is 1. The number of hydrogen-bond acceptors (Lipinski definition) is 6. The molecule has 150 valence electrons. The summed E-state index contributed by atoms with van der Waals surface area (Å²) < 4.78 is 58.6. The maximum Gasteiger partial charge on any atom is 0.244 e. The fraction of sp³-hybridized carbons (Fsp3) is 0.278. The molecule has 1 N–H and O–H groups in total. The van der Waals surface area contributed by atoms with Gasteiger partial charge in [-0.15, -0.1) is 0 Å². The third kappa shape index (κ3) is 3.89. The lowest BCUT2D eigenvalue weighted by Gasteiger charge is -2.19. The van der Waals surface area contributed by atoms with E-state index in [0.717, 1.165) is 11.6 Å². The molecule has 1 aliphatic heterocycles. The van der Waals surface area contributed by atoms with E-state index in [2.05, 4.69) is 4.72 Å². The van der Waals surface area contributed by atoms with Gasteiger partial charge in [0, 0.05) is 12.5 Å². The van der Waals surface area contributed by atoms with E-state index in [1.165, 1.54) is 19.2 Å². The van der Waals surface area contributed by atoms with E-state index in [1.54, 1.807) is 31.2 Å². The largest absolute Gasteiger partial charge is 0.495 e. The lowest BCUT2D eigenvalue weighted by Crippen LogP contribution is -2.30. The highest BCUT2D eigenvalue weighted by Crippen LogP contribution is 2.33. The van der Waals surface area contributed by atoms with Gasteiger partial charge in [-0.1, -0.05) is 30.3 Å². The first-order chi connectivity index (χ1) is 13.2. The Balaban J connectivity index is 2.01. The molecule has 3 rings (SSSR count). The molecule has 28 heavy (non-hydrogen) atoms. The molecule has 0 unspecified atom stereocenters. The lowest BCUT2D eigenvalue weighted by atomic mass is 10.1. The zero-order valence-corrected chi connectivity index (χ0v) is 17.0. The average molecular weight is 425 g/mol. The Morgan fingerprint density at radius 3 is 2.39 bits per heavy atom. The number of carbonyl (C=O) groups is 1. The molecule has 0 saturated carbocycles. The minimum atomic E-state index is -4.07. The first-order valence-electron chi connectivity index (χ1n) is 8.47. The Kier molecular flexibility index (Phi) is 5.46. The highest BCUT2D eigenvalue weighted by Gasteiger charge is 2.37. The Bertz CT molecular complexity index is 1100. The van der Waals surface area contributed by atoms with Crippen molar-refractivity contribution in [1.29, 1.82) is 0 Å². The SMILES string of the molecule is COc1ccc(N2C(=O)CCS2(=O)=O)cc1S(=O)(=O)N[C@H](C)c1ccccc1. The van der Waals surface area contributed by atoms with E-state index in [1.807, 2.05) is 6.07 Å². The number of rotatable bonds is 6. The van der Waals surface area contributed by atoms with Gasteiger partial charge in [-0.2, -0.15) is 0 Å². The van der Waals surface area contributed by atoms with Crippen LogP contribution in [-0.2, 0) is 24.8 Å². The summed E-state index contributed by atoms with van der Waals surface area (Å²) in [4.78, 5) is 11.8. The van der Waals surface area contributed by atoms with Gasteiger partial charge in [-0.3, -0.25) is 4.79 Å². The Morgan fingerprint density at radius 2 is 1.82 bits per heavy atom. The molecule has 1 saturated heterocycles. The number of methoxy groups -OCH3 is 1. The van der Waals surface area contributed by atoms with Crippen molar-refractivity contribution >= 4 is 31.6 Å². The predicted molar refractivity (Wildman–Crippen MR) is 104 cm³/mol. The Hall–Kier alpha value is -2.43. The zero-order valence-electron chi connectivity index (χ0n) is 15.3. The molecule has 0 aliphatic carbocycles. The first-order valence-corrected chi connectivity index (χ1v) is 11.6. The van der Waals surface area contributed by atoms with Crippen LogP contribution in [0.5, 0.6) is 5.75 Å². The summed E-state index contributed by atoms with van der Waals surface area (Å²) in [5.41, 5.74) is 0.731. The Labute approximate surface area is 164 Å². The minimum Gasteiger partial charge on any atom is -0.495 e. The van der Waals surface area contributed by atoms with Crippen LogP contribution in [0.15, 0.2) is 53.4 Å². The molecule has 8 nitrogen and oxygen atoms in total. The number of ether oxygens (including phenoxy) is 1. The van der Waals surface area contributed by atoms with Crippen molar-refractivity contribution in [3.8, 4) is 5.75 Å². The summed E-state index contributed by atoms with van der Waals surface area (Å²) in [5.74, 6) is -0.858. The van der Waals surface area contributed by atoms with Crippen LogP contribution in [0, 0.1) is 0 Å². The number of sulfonamides is 2. The van der Waals surface area contributed by atoms with Crippen LogP contribution in [-0.4, -0.2) is 35.6 Å². The van der Waals surface area contributed by atoms with Gasteiger partial charge in [-0.05, 0) is 30.7 Å². The number of carbonyl (C=O) groups excluding carboxylic acids is 1. The van der Waals surface area contributed by atoms with E-state index < -0.39 is 32.0 Å². The quantitative estimate of drug-likeness (QED) is 0.757. The molecule has 0 radical (unpaired) electrons. The summed E-state index contributed by atoms with van der Waals surface area (Å²) in [6.07, 6.45) is -0.139. The van der Waals surface area contributed by atoms with Gasteiger partial charge in [-0.25, -0.2) is 25.9 Å². The van der Waals surface area contributed by atoms with Gasteiger partial charge in [0.25, 0.3) is 0 Å². The molecule has 10 heteroatoms. The number of benzene rings is 2. The second-order valence-corrected chi connectivity index (χ2v) is 9.93. The molecule has 1 heterocycles. The van der Waals surface area contributed by atoms with Gasteiger partial charge in [0.2, 0.25) is 26.0 Å². The fourth-order valence-corrected chi connectivity index (χ4v) is 5.85. The number of nitrogens with one attached hydrogen (secondary N) is 1. The first kappa shape index (κ1) is 20.3. The van der Waals surface area contributed by atoms with Crippen LogP contribution < -0.4 is 13.8 Å². The maximum absolute atomic E-state index is 13.0. The van der Waals surface area contributed by atoms with Crippen molar-refractivity contribution in [2.24, 2.45) is 0 Å². The lowest BCUT2D eigenvalue weighted by molar-refractivity contribution is -0.116. The molecule has 1 fully saturated rings. The fourth-order valence-electron chi connectivity index (χ4n) is 2.98. The van der Waals surface area contributed by atoms with E-state index in [-0.39, 0.29) is 28.5 Å². The Morgan fingerprint density at radius 1 is 1.14 bits per heavy atom. The second-order valence-electron chi connectivity index (χ2n) is 6.31. The molecule has 0 aromatic heterocycles. The molecular formula is C18H20N2O6S2. The van der Waals surface area contributed by atoms with Crippen LogP contribution >= 0.6 is 0 Å². The van der Waals surface area contributed by atoms with Gasteiger partial charge in [0.15, 0.2) is 0 Å². The number of amides is 1. The molecular weight excluding hydrogens is 404 g/mol. The summed E-state index contributed by atoms with van der Waals surface area (Å²) in [6.45, 7) is 1.69. The van der Waals surface area contributed by atoms with Gasteiger partial charge in [0.1, 0.15) is 10.6 Å². The van der Waals surface area contributed by atoms with Gasteiger partial charge in [0.05, 0.1) is 18.6 Å². The summed E-state index contributed by atoms with van der Waals surface area (Å²) >= 11 is 0. The van der Waals surface area contributed by atoms with Crippen molar-refractivity contribution in [2.75, 3.05) is 17.2 Å². The van der Waals surface area contributed by atoms with Crippen LogP contribution in [0.4, 0.5) is 5.69 Å². The normalized spacial score (nSPS) is 17.5. The summed E-state index contributed by atoms with van der Waals surface area (Å²) in [5, 5.41) is 0. The van der Waals surface area contributed by atoms with E-state index in [9.17, 15) is 21.6 Å². The van der Waals surface area contributed by atoms with Crippen molar-refractivity contribution in [2.45, 2.75) is 24.3 Å². The number of anilines is 1. The van der Waals surface area contributed by atoms with Crippen molar-refractivity contribution < 1.29 is 26.4 Å². The van der Waals surface area contributed by atoms with Crippen molar-refractivity contribution in [1.82, 2.24) is 4.72 Å². The van der Waals surface area contributed by atoms with Crippen LogP contribution in [0.3, 0.4) is 0 Å². The maximum atomic E-state index is 13.0. The van der Waals surface area contributed by atoms with Crippen molar-refractivity contribution in [3.05, 3.63) is 54.1 Å². The predicted octanol–water partition coefficient (Wildman–Crippen LogP) is 1.80. The molecule has 1 atom stereocenters. The van der Waals surface area contributed by atoms with Crippen LogP contribution in [0.1, 0.15) is 24.9 Å². The standard InChI is InChI=1S/C18H20N2O6S2/c1-13(14-6-4-3-5-7-14)19-28(24,25)17-12-15(8-9-16(17)26-2)20-18(21)10-11-27(20,22)23/h3-9,12-13,19H,10-11H2,1-2H3/t13-/m1/s1. The third-order valence-corrected chi connectivity index (χ3v) is 7.63. The third-order valence-electron chi connectivity index (χ3n) is 4.38. The smallest absolute Gasteiger partial charge is 0.244 e. The van der Waals surface area contributed by atoms with Gasteiger partial charge < -0.3 is 4.74 Å². The monoisotopic (exact) mass is 424 g/mol. The molecule has 1 aliphatic rings. The number of hydrogen-bond donors (Lipinski definition) is 1. The minimum absolute atomic E-state index is 0.0314. The van der Waals surface area contributed by atoms with Crippen molar-refractivity contribution in [3.63, 3.8) is 0 Å². The molecule has 1 amide bonds. The van der Waals surface area contributed by atoms with E-state index in [4.69, 9.17) is 4.74 Å². The summed E-state index contributed by atoms with van der Waals surface area (Å²) in [6, 6.07) is 12.3. The zero-order chi connectivity index (χ0) is 20.5. The van der Waals surface area contributed by atoms with Gasteiger partial charge >= 0.3 is 0 Å².